The highest BCUT2D eigenvalue weighted by atomic mass is 32.2. The van der Waals surface area contributed by atoms with Crippen molar-refractivity contribution in [1.29, 1.82) is 0 Å². The Hall–Kier alpha value is -3.47. The van der Waals surface area contributed by atoms with Crippen LogP contribution in [0.25, 0.3) is 5.57 Å². The number of sulfonamides is 1. The average molecular weight is 456 g/mol. The molecule has 1 aromatic heterocycles. The van der Waals surface area contributed by atoms with Crippen LogP contribution in [0.3, 0.4) is 0 Å². The Morgan fingerprint density at radius 2 is 1.68 bits per heavy atom. The van der Waals surface area contributed by atoms with Gasteiger partial charge < -0.3 is 10.1 Å². The van der Waals surface area contributed by atoms with Crippen molar-refractivity contribution in [1.82, 2.24) is 0 Å². The summed E-state index contributed by atoms with van der Waals surface area (Å²) >= 11 is 1.33. The Morgan fingerprint density at radius 3 is 2.29 bits per heavy atom. The molecule has 0 atom stereocenters. The number of benzene rings is 2. The van der Waals surface area contributed by atoms with E-state index in [4.69, 9.17) is 9.88 Å². The van der Waals surface area contributed by atoms with E-state index in [0.717, 1.165) is 4.90 Å². The maximum absolute atomic E-state index is 13.3. The Labute approximate surface area is 182 Å². The molecule has 1 aliphatic heterocycles. The number of ether oxygens (including phenoxy) is 1. The summed E-state index contributed by atoms with van der Waals surface area (Å²) in [5, 5.41) is 9.99. The van der Waals surface area contributed by atoms with E-state index in [0.29, 0.717) is 16.3 Å². The molecule has 31 heavy (non-hydrogen) atoms. The number of para-hydroxylation sites is 2. The van der Waals surface area contributed by atoms with Gasteiger partial charge in [-0.05, 0) is 47.8 Å². The third-order valence-corrected chi connectivity index (χ3v) is 6.46. The van der Waals surface area contributed by atoms with Crippen LogP contribution in [-0.4, -0.2) is 27.3 Å². The molecule has 2 aromatic carbocycles. The maximum Gasteiger partial charge on any atom is 0.282 e. The number of imide groups is 1. The van der Waals surface area contributed by atoms with Gasteiger partial charge in [0.25, 0.3) is 11.8 Å². The van der Waals surface area contributed by atoms with E-state index in [9.17, 15) is 18.0 Å². The normalized spacial score (nSPS) is 14.3. The minimum Gasteiger partial charge on any atom is -0.495 e. The van der Waals surface area contributed by atoms with Gasteiger partial charge in [-0.1, -0.05) is 18.2 Å². The lowest BCUT2D eigenvalue weighted by Crippen LogP contribution is -2.32. The van der Waals surface area contributed by atoms with Gasteiger partial charge in [-0.3, -0.25) is 9.59 Å². The lowest BCUT2D eigenvalue weighted by Gasteiger charge is -2.16. The molecule has 0 spiro atoms. The number of amides is 2. The molecule has 8 nitrogen and oxygen atoms in total. The fourth-order valence-corrected chi connectivity index (χ4v) is 4.48. The highest BCUT2D eigenvalue weighted by Gasteiger charge is 2.41. The van der Waals surface area contributed by atoms with Crippen LogP contribution in [0.1, 0.15) is 4.88 Å². The molecule has 0 radical (unpaired) electrons. The van der Waals surface area contributed by atoms with E-state index in [1.807, 2.05) is 5.38 Å². The van der Waals surface area contributed by atoms with E-state index in [1.54, 1.807) is 36.4 Å². The number of nitrogens with one attached hydrogen (secondary N) is 1. The second-order valence-electron chi connectivity index (χ2n) is 6.54. The number of nitrogens with two attached hydrogens (primary N) is 1. The Morgan fingerprint density at radius 1 is 0.968 bits per heavy atom. The number of methoxy groups -OCH3 is 1. The molecule has 10 heteroatoms. The number of hydrogen-bond donors (Lipinski definition) is 2. The molecule has 2 amide bonds. The molecule has 0 saturated heterocycles. The monoisotopic (exact) mass is 455 g/mol. The highest BCUT2D eigenvalue weighted by molar-refractivity contribution is 7.89. The van der Waals surface area contributed by atoms with Crippen molar-refractivity contribution in [3.8, 4) is 5.75 Å². The van der Waals surface area contributed by atoms with Crippen LogP contribution in [-0.2, 0) is 19.6 Å². The second-order valence-corrected chi connectivity index (χ2v) is 9.05. The van der Waals surface area contributed by atoms with Crippen LogP contribution < -0.4 is 20.1 Å². The molecule has 0 fully saturated rings. The minimum atomic E-state index is -3.90. The van der Waals surface area contributed by atoms with Crippen molar-refractivity contribution < 1.29 is 22.7 Å². The Kier molecular flexibility index (Phi) is 5.36. The van der Waals surface area contributed by atoms with Crippen molar-refractivity contribution in [2.45, 2.75) is 4.90 Å². The van der Waals surface area contributed by atoms with Crippen LogP contribution in [0.15, 0.2) is 76.6 Å². The van der Waals surface area contributed by atoms with Crippen LogP contribution in [0, 0.1) is 0 Å². The van der Waals surface area contributed by atoms with Crippen molar-refractivity contribution in [3.63, 3.8) is 0 Å². The van der Waals surface area contributed by atoms with Gasteiger partial charge in [-0.25, -0.2) is 18.5 Å². The highest BCUT2D eigenvalue weighted by Crippen LogP contribution is 2.37. The fraction of sp³-hybridized carbons (Fsp3) is 0.0476. The van der Waals surface area contributed by atoms with Gasteiger partial charge in [-0.2, -0.15) is 0 Å². The van der Waals surface area contributed by atoms with E-state index in [1.165, 1.54) is 42.7 Å². The molecule has 4 rings (SSSR count). The Bertz CT molecular complexity index is 1300. The van der Waals surface area contributed by atoms with Gasteiger partial charge in [-0.15, -0.1) is 11.3 Å². The number of anilines is 2. The first-order valence-electron chi connectivity index (χ1n) is 9.01. The van der Waals surface area contributed by atoms with Crippen LogP contribution >= 0.6 is 11.3 Å². The van der Waals surface area contributed by atoms with Gasteiger partial charge in [0, 0.05) is 4.88 Å². The zero-order chi connectivity index (χ0) is 22.2. The van der Waals surface area contributed by atoms with Crippen LogP contribution in [0.4, 0.5) is 11.4 Å². The van der Waals surface area contributed by atoms with Gasteiger partial charge in [0.1, 0.15) is 11.4 Å². The minimum absolute atomic E-state index is 0.104. The summed E-state index contributed by atoms with van der Waals surface area (Å²) in [6, 6.07) is 15.8. The first kappa shape index (κ1) is 20.8. The predicted molar refractivity (Wildman–Crippen MR) is 118 cm³/mol. The largest absolute Gasteiger partial charge is 0.495 e. The molecular formula is C21H17N3O5S2. The standard InChI is InChI=1S/C21H17N3O5S2/c1-29-16-6-3-2-5-15(16)23-19-18(17-7-4-12-30-17)20(25)24(21(19)26)13-8-10-14(11-9-13)31(22,27)28/h2-12,23H,1H3,(H2,22,27,28). The molecule has 0 unspecified atom stereocenters. The molecule has 0 bridgehead atoms. The molecule has 3 N–H and O–H groups in total. The lowest BCUT2D eigenvalue weighted by atomic mass is 10.1. The van der Waals surface area contributed by atoms with Crippen molar-refractivity contribution in [2.24, 2.45) is 5.14 Å². The van der Waals surface area contributed by atoms with E-state index in [-0.39, 0.29) is 21.9 Å². The molecule has 0 saturated carbocycles. The van der Waals surface area contributed by atoms with Gasteiger partial charge in [0.2, 0.25) is 10.0 Å². The number of rotatable bonds is 6. The average Bonchev–Trinajstić information content (AvgIpc) is 3.35. The maximum atomic E-state index is 13.3. The van der Waals surface area contributed by atoms with Crippen molar-refractivity contribution >= 4 is 50.1 Å². The van der Waals surface area contributed by atoms with Crippen LogP contribution in [0.5, 0.6) is 5.75 Å². The first-order valence-corrected chi connectivity index (χ1v) is 11.4. The first-order chi connectivity index (χ1) is 14.8. The molecule has 1 aliphatic rings. The second kappa shape index (κ2) is 7.99. The van der Waals surface area contributed by atoms with Gasteiger partial charge in [0.05, 0.1) is 29.0 Å². The molecule has 3 aromatic rings. The summed E-state index contributed by atoms with van der Waals surface area (Å²) in [5.74, 6) is -0.576. The summed E-state index contributed by atoms with van der Waals surface area (Å²) in [6.07, 6.45) is 0. The number of nitrogens with zero attached hydrogens (tertiary/aromatic N) is 1. The zero-order valence-electron chi connectivity index (χ0n) is 16.2. The number of primary sulfonamides is 1. The number of hydrogen-bond acceptors (Lipinski definition) is 7. The molecular weight excluding hydrogens is 438 g/mol. The predicted octanol–water partition coefficient (Wildman–Crippen LogP) is 2.80. The Balaban J connectivity index is 1.78. The van der Waals surface area contributed by atoms with Gasteiger partial charge in [0.15, 0.2) is 0 Å². The topological polar surface area (TPSA) is 119 Å². The summed E-state index contributed by atoms with van der Waals surface area (Å²) in [7, 11) is -2.39. The lowest BCUT2D eigenvalue weighted by molar-refractivity contribution is -0.120. The van der Waals surface area contributed by atoms with Crippen molar-refractivity contribution in [3.05, 3.63) is 76.6 Å². The fourth-order valence-electron chi connectivity index (χ4n) is 3.20. The smallest absolute Gasteiger partial charge is 0.282 e. The third-order valence-electron chi connectivity index (χ3n) is 4.64. The summed E-state index contributed by atoms with van der Waals surface area (Å²) in [5.41, 5.74) is 1.09. The third kappa shape index (κ3) is 3.83. The van der Waals surface area contributed by atoms with Gasteiger partial charge >= 0.3 is 0 Å². The number of carbonyl (C=O) groups is 2. The number of thiophene rings is 1. The molecule has 158 valence electrons. The summed E-state index contributed by atoms with van der Waals surface area (Å²) in [6.45, 7) is 0. The van der Waals surface area contributed by atoms with Crippen molar-refractivity contribution in [2.75, 3.05) is 17.3 Å². The molecule has 2 heterocycles. The van der Waals surface area contributed by atoms with E-state index >= 15 is 0 Å². The van der Waals surface area contributed by atoms with E-state index < -0.39 is 21.8 Å². The number of carbonyl (C=O) groups excluding carboxylic acids is 2. The summed E-state index contributed by atoms with van der Waals surface area (Å²) in [4.78, 5) is 28.1. The SMILES string of the molecule is COc1ccccc1NC1=C(c2cccs2)C(=O)N(c2ccc(S(N)(=O)=O)cc2)C1=O. The quantitative estimate of drug-likeness (QED) is 0.552. The van der Waals surface area contributed by atoms with E-state index in [2.05, 4.69) is 5.32 Å². The van der Waals surface area contributed by atoms with Crippen LogP contribution in [0.2, 0.25) is 0 Å². The summed E-state index contributed by atoms with van der Waals surface area (Å²) < 4.78 is 28.4. The zero-order valence-corrected chi connectivity index (χ0v) is 17.9. The molecule has 0 aliphatic carbocycles.